The Balaban J connectivity index is 2.55. The average molecular weight is 254 g/mol. The van der Waals surface area contributed by atoms with Gasteiger partial charge < -0.3 is 10.4 Å². The van der Waals surface area contributed by atoms with Crippen LogP contribution < -0.4 is 5.32 Å². The highest BCUT2D eigenvalue weighted by molar-refractivity contribution is 6.32. The van der Waals surface area contributed by atoms with Gasteiger partial charge in [0.2, 0.25) is 5.91 Å². The fraction of sp³-hybridized carbons (Fsp3) is 0.308. The number of hydrogen-bond acceptors (Lipinski definition) is 2. The average Bonchev–Trinajstić information content (AvgIpc) is 2.30. The molecule has 0 atom stereocenters. The van der Waals surface area contributed by atoms with E-state index in [-0.39, 0.29) is 12.5 Å². The second kappa shape index (κ2) is 7.09. The lowest BCUT2D eigenvalue weighted by molar-refractivity contribution is -0.118. The van der Waals surface area contributed by atoms with Gasteiger partial charge >= 0.3 is 0 Å². The first-order valence-electron chi connectivity index (χ1n) is 5.43. The van der Waals surface area contributed by atoms with Gasteiger partial charge in [-0.2, -0.15) is 0 Å². The first-order chi connectivity index (χ1) is 8.13. The van der Waals surface area contributed by atoms with Crippen molar-refractivity contribution in [1.29, 1.82) is 0 Å². The highest BCUT2D eigenvalue weighted by Crippen LogP contribution is 2.19. The summed E-state index contributed by atoms with van der Waals surface area (Å²) in [5.41, 5.74) is 1.71. The van der Waals surface area contributed by atoms with Crippen LogP contribution in [0.1, 0.15) is 24.5 Å². The molecule has 1 rings (SSSR count). The number of benzene rings is 1. The maximum absolute atomic E-state index is 10.6. The van der Waals surface area contributed by atoms with E-state index in [0.717, 1.165) is 17.5 Å². The molecule has 0 aliphatic rings. The molecule has 17 heavy (non-hydrogen) atoms. The van der Waals surface area contributed by atoms with E-state index < -0.39 is 0 Å². The first kappa shape index (κ1) is 13.7. The molecule has 0 aliphatic heterocycles. The van der Waals surface area contributed by atoms with Gasteiger partial charge in [0.15, 0.2) is 0 Å². The number of aliphatic hydroxyl groups is 1. The molecule has 0 aromatic heterocycles. The molecule has 0 fully saturated rings. The molecule has 0 bridgehead atoms. The number of hydrogen-bond donors (Lipinski definition) is 2. The third-order valence-electron chi connectivity index (χ3n) is 2.23. The zero-order valence-corrected chi connectivity index (χ0v) is 10.5. The molecule has 92 valence electrons. The first-order valence-corrected chi connectivity index (χ1v) is 5.81. The van der Waals surface area contributed by atoms with Crippen molar-refractivity contribution >= 4 is 23.6 Å². The lowest BCUT2D eigenvalue weighted by atomic mass is 10.1. The monoisotopic (exact) mass is 253 g/mol. The van der Waals surface area contributed by atoms with Crippen molar-refractivity contribution in [3.05, 3.63) is 40.4 Å². The van der Waals surface area contributed by atoms with Crippen LogP contribution in [0.15, 0.2) is 24.3 Å². The minimum atomic E-state index is -0.0290. The van der Waals surface area contributed by atoms with Gasteiger partial charge in [0, 0.05) is 18.5 Å². The SMILES string of the molecule is CC(=O)NCCC=Cc1cc(CO)ccc1Cl. The summed E-state index contributed by atoms with van der Waals surface area (Å²) in [6.07, 6.45) is 4.58. The van der Waals surface area contributed by atoms with E-state index in [2.05, 4.69) is 5.32 Å². The van der Waals surface area contributed by atoms with Crippen LogP contribution in [0, 0.1) is 0 Å². The highest BCUT2D eigenvalue weighted by atomic mass is 35.5. The van der Waals surface area contributed by atoms with Crippen molar-refractivity contribution in [2.45, 2.75) is 20.0 Å². The second-order valence-corrected chi connectivity index (χ2v) is 4.10. The molecule has 2 N–H and O–H groups in total. The van der Waals surface area contributed by atoms with Crippen LogP contribution in [0.3, 0.4) is 0 Å². The number of rotatable bonds is 5. The van der Waals surface area contributed by atoms with Crippen molar-refractivity contribution in [3.63, 3.8) is 0 Å². The molecule has 0 aliphatic carbocycles. The topological polar surface area (TPSA) is 49.3 Å². The molecule has 0 saturated carbocycles. The molecule has 0 radical (unpaired) electrons. The number of nitrogens with one attached hydrogen (secondary N) is 1. The fourth-order valence-electron chi connectivity index (χ4n) is 1.36. The summed E-state index contributed by atoms with van der Waals surface area (Å²) in [5, 5.41) is 12.4. The summed E-state index contributed by atoms with van der Waals surface area (Å²) in [7, 11) is 0. The van der Waals surface area contributed by atoms with Gasteiger partial charge in [0.25, 0.3) is 0 Å². The van der Waals surface area contributed by atoms with E-state index in [4.69, 9.17) is 16.7 Å². The number of carbonyl (C=O) groups is 1. The van der Waals surface area contributed by atoms with Crippen molar-refractivity contribution < 1.29 is 9.90 Å². The van der Waals surface area contributed by atoms with Crippen molar-refractivity contribution in [2.75, 3.05) is 6.54 Å². The Kier molecular flexibility index (Phi) is 5.73. The zero-order valence-electron chi connectivity index (χ0n) is 9.74. The Morgan fingerprint density at radius 1 is 1.53 bits per heavy atom. The van der Waals surface area contributed by atoms with E-state index in [1.54, 1.807) is 12.1 Å². The van der Waals surface area contributed by atoms with Crippen LogP contribution in [0.5, 0.6) is 0 Å². The molecule has 0 unspecified atom stereocenters. The number of carbonyl (C=O) groups excluding carboxylic acids is 1. The quantitative estimate of drug-likeness (QED) is 0.792. The number of amides is 1. The van der Waals surface area contributed by atoms with Crippen LogP contribution in [-0.4, -0.2) is 17.6 Å². The molecule has 1 aromatic rings. The Hall–Kier alpha value is -1.32. The van der Waals surface area contributed by atoms with Gasteiger partial charge in [-0.3, -0.25) is 4.79 Å². The molecule has 0 heterocycles. The smallest absolute Gasteiger partial charge is 0.216 e. The van der Waals surface area contributed by atoms with Crippen LogP contribution in [0.2, 0.25) is 5.02 Å². The largest absolute Gasteiger partial charge is 0.392 e. The molecular formula is C13H16ClNO2. The molecule has 0 spiro atoms. The van der Waals surface area contributed by atoms with E-state index in [1.165, 1.54) is 6.92 Å². The van der Waals surface area contributed by atoms with Crippen LogP contribution in [0.25, 0.3) is 6.08 Å². The fourth-order valence-corrected chi connectivity index (χ4v) is 1.54. The Labute approximate surface area is 106 Å². The van der Waals surface area contributed by atoms with Crippen LogP contribution in [0.4, 0.5) is 0 Å². The van der Waals surface area contributed by atoms with E-state index in [9.17, 15) is 4.79 Å². The van der Waals surface area contributed by atoms with Gasteiger partial charge in [0.05, 0.1) is 6.61 Å². The maximum Gasteiger partial charge on any atom is 0.216 e. The molecule has 1 aromatic carbocycles. The summed E-state index contributed by atoms with van der Waals surface area (Å²) in [4.78, 5) is 10.6. The minimum Gasteiger partial charge on any atom is -0.392 e. The Morgan fingerprint density at radius 3 is 2.94 bits per heavy atom. The molecule has 0 saturated heterocycles. The molecule has 3 nitrogen and oxygen atoms in total. The van der Waals surface area contributed by atoms with Gasteiger partial charge in [-0.25, -0.2) is 0 Å². The van der Waals surface area contributed by atoms with Crippen LogP contribution in [-0.2, 0) is 11.4 Å². The summed E-state index contributed by atoms with van der Waals surface area (Å²) >= 11 is 6.01. The van der Waals surface area contributed by atoms with Gasteiger partial charge in [-0.05, 0) is 29.7 Å². The van der Waals surface area contributed by atoms with Crippen molar-refractivity contribution in [2.24, 2.45) is 0 Å². The van der Waals surface area contributed by atoms with Crippen LogP contribution >= 0.6 is 11.6 Å². The Bertz CT molecular complexity index is 416. The number of aliphatic hydroxyl groups excluding tert-OH is 1. The predicted octanol–water partition coefficient (Wildman–Crippen LogP) is 2.37. The third kappa shape index (κ3) is 5.02. The summed E-state index contributed by atoms with van der Waals surface area (Å²) in [6.45, 7) is 2.11. The van der Waals surface area contributed by atoms with E-state index in [0.29, 0.717) is 11.6 Å². The third-order valence-corrected chi connectivity index (χ3v) is 2.57. The molecular weight excluding hydrogens is 238 g/mol. The Morgan fingerprint density at radius 2 is 2.29 bits per heavy atom. The normalized spacial score (nSPS) is 10.8. The van der Waals surface area contributed by atoms with E-state index in [1.807, 2.05) is 18.2 Å². The lowest BCUT2D eigenvalue weighted by Crippen LogP contribution is -2.20. The van der Waals surface area contributed by atoms with Gasteiger partial charge in [-0.1, -0.05) is 29.8 Å². The van der Waals surface area contributed by atoms with Crippen molar-refractivity contribution in [3.8, 4) is 0 Å². The van der Waals surface area contributed by atoms with E-state index >= 15 is 0 Å². The van der Waals surface area contributed by atoms with Gasteiger partial charge in [-0.15, -0.1) is 0 Å². The lowest BCUT2D eigenvalue weighted by Gasteiger charge is -2.02. The molecule has 4 heteroatoms. The molecule has 1 amide bonds. The predicted molar refractivity (Wildman–Crippen MR) is 69.7 cm³/mol. The van der Waals surface area contributed by atoms with Crippen molar-refractivity contribution in [1.82, 2.24) is 5.32 Å². The maximum atomic E-state index is 10.6. The summed E-state index contributed by atoms with van der Waals surface area (Å²) < 4.78 is 0. The minimum absolute atomic E-state index is 0.00387. The summed E-state index contributed by atoms with van der Waals surface area (Å²) in [6, 6.07) is 5.40. The van der Waals surface area contributed by atoms with Gasteiger partial charge in [0.1, 0.15) is 0 Å². The second-order valence-electron chi connectivity index (χ2n) is 3.69. The standard InChI is InChI=1S/C13H16ClNO2/c1-10(17)15-7-3-2-4-12-8-11(9-16)5-6-13(12)14/h2,4-6,8,16H,3,7,9H2,1H3,(H,15,17). The summed E-state index contributed by atoms with van der Waals surface area (Å²) in [5.74, 6) is -0.0290. The highest BCUT2D eigenvalue weighted by Gasteiger charge is 1.98. The number of halogens is 1. The zero-order chi connectivity index (χ0) is 12.7.